The predicted molar refractivity (Wildman–Crippen MR) is 76.4 cm³/mol. The van der Waals surface area contributed by atoms with Gasteiger partial charge in [-0.15, -0.1) is 0 Å². The summed E-state index contributed by atoms with van der Waals surface area (Å²) in [4.78, 5) is 4.51. The number of nitrogens with one attached hydrogen (secondary N) is 1. The number of amidine groups is 1. The summed E-state index contributed by atoms with van der Waals surface area (Å²) in [7, 11) is 0. The Bertz CT molecular complexity index is 375. The molecule has 16 heavy (non-hydrogen) atoms. The summed E-state index contributed by atoms with van der Waals surface area (Å²) >= 11 is 5.29. The van der Waals surface area contributed by atoms with Crippen LogP contribution in [0.1, 0.15) is 19.8 Å². The highest BCUT2D eigenvalue weighted by molar-refractivity contribution is 9.10. The number of halogens is 1. The number of aliphatic imine (C=N–C) groups is 1. The summed E-state index contributed by atoms with van der Waals surface area (Å²) in [5.74, 6) is 0. The molecule has 1 heterocycles. The van der Waals surface area contributed by atoms with Crippen LogP contribution in [-0.2, 0) is 0 Å². The van der Waals surface area contributed by atoms with E-state index in [9.17, 15) is 0 Å². The van der Waals surface area contributed by atoms with Crippen LogP contribution in [0.25, 0.3) is 0 Å². The maximum absolute atomic E-state index is 4.51. The first-order valence-electron chi connectivity index (χ1n) is 5.51. The Morgan fingerprint density at radius 2 is 2.19 bits per heavy atom. The number of rotatable bonds is 3. The van der Waals surface area contributed by atoms with Crippen molar-refractivity contribution < 1.29 is 0 Å². The lowest BCUT2D eigenvalue weighted by Crippen LogP contribution is -2.07. The molecule has 1 aliphatic rings. The largest absolute Gasteiger partial charge is 0.335 e. The Balaban J connectivity index is 1.89. The molecular weight excluding hydrogens is 284 g/mol. The second-order valence-electron chi connectivity index (χ2n) is 3.81. The predicted octanol–water partition coefficient (Wildman–Crippen LogP) is 4.13. The van der Waals surface area contributed by atoms with Gasteiger partial charge in [0.05, 0.1) is 6.54 Å². The van der Waals surface area contributed by atoms with Gasteiger partial charge in [-0.2, -0.15) is 0 Å². The smallest absolute Gasteiger partial charge is 0.161 e. The first kappa shape index (κ1) is 12.0. The van der Waals surface area contributed by atoms with Gasteiger partial charge in [-0.25, -0.2) is 0 Å². The third-order valence-corrected chi connectivity index (χ3v) is 4.12. The molecule has 4 heteroatoms. The Morgan fingerprint density at radius 1 is 1.44 bits per heavy atom. The van der Waals surface area contributed by atoms with Gasteiger partial charge in [-0.3, -0.25) is 4.99 Å². The first-order chi connectivity index (χ1) is 7.78. The van der Waals surface area contributed by atoms with Gasteiger partial charge < -0.3 is 5.32 Å². The molecular formula is C12H15BrN2S. The topological polar surface area (TPSA) is 24.4 Å². The van der Waals surface area contributed by atoms with E-state index in [-0.39, 0.29) is 0 Å². The van der Waals surface area contributed by atoms with Gasteiger partial charge in [0.15, 0.2) is 5.17 Å². The van der Waals surface area contributed by atoms with Crippen LogP contribution in [0, 0.1) is 0 Å². The fraction of sp³-hybridized carbons (Fsp3) is 0.417. The van der Waals surface area contributed by atoms with Crippen molar-refractivity contribution in [1.82, 2.24) is 0 Å². The molecule has 0 amide bonds. The minimum atomic E-state index is 0.669. The van der Waals surface area contributed by atoms with Gasteiger partial charge in [-0.05, 0) is 30.7 Å². The van der Waals surface area contributed by atoms with E-state index in [1.165, 1.54) is 12.8 Å². The van der Waals surface area contributed by atoms with Crippen LogP contribution in [0.15, 0.2) is 33.7 Å². The van der Waals surface area contributed by atoms with Crippen molar-refractivity contribution in [2.45, 2.75) is 25.0 Å². The Kier molecular flexibility index (Phi) is 4.29. The van der Waals surface area contributed by atoms with E-state index < -0.39 is 0 Å². The van der Waals surface area contributed by atoms with Crippen LogP contribution in [0.3, 0.4) is 0 Å². The molecule has 0 fully saturated rings. The van der Waals surface area contributed by atoms with Crippen molar-refractivity contribution in [3.8, 4) is 0 Å². The minimum absolute atomic E-state index is 0.669. The van der Waals surface area contributed by atoms with Gasteiger partial charge in [0, 0.05) is 15.4 Å². The SMILES string of the molecule is CCCC1CN=C(Nc2ccc(Br)cc2)S1. The van der Waals surface area contributed by atoms with Crippen molar-refractivity contribution in [2.24, 2.45) is 4.99 Å². The molecule has 1 aromatic rings. The minimum Gasteiger partial charge on any atom is -0.335 e. The molecule has 1 aromatic carbocycles. The summed E-state index contributed by atoms with van der Waals surface area (Å²) < 4.78 is 1.10. The van der Waals surface area contributed by atoms with Gasteiger partial charge in [0.2, 0.25) is 0 Å². The summed E-state index contributed by atoms with van der Waals surface area (Å²) in [6.45, 7) is 3.18. The summed E-state index contributed by atoms with van der Waals surface area (Å²) in [5, 5.41) is 5.07. The number of hydrogen-bond acceptors (Lipinski definition) is 3. The molecule has 1 N–H and O–H groups in total. The zero-order chi connectivity index (χ0) is 11.4. The van der Waals surface area contributed by atoms with Gasteiger partial charge in [0.25, 0.3) is 0 Å². The van der Waals surface area contributed by atoms with E-state index in [4.69, 9.17) is 0 Å². The fourth-order valence-corrected chi connectivity index (χ4v) is 3.02. The van der Waals surface area contributed by atoms with Crippen LogP contribution in [0.2, 0.25) is 0 Å². The Hall–Kier alpha value is -0.480. The molecule has 0 bridgehead atoms. The number of anilines is 1. The monoisotopic (exact) mass is 298 g/mol. The van der Waals surface area contributed by atoms with Crippen LogP contribution < -0.4 is 5.32 Å². The third kappa shape index (κ3) is 3.25. The Labute approximate surface area is 109 Å². The molecule has 1 aliphatic heterocycles. The zero-order valence-corrected chi connectivity index (χ0v) is 11.6. The molecule has 2 nitrogen and oxygen atoms in total. The van der Waals surface area contributed by atoms with Crippen molar-refractivity contribution in [1.29, 1.82) is 0 Å². The highest BCUT2D eigenvalue weighted by Crippen LogP contribution is 2.26. The van der Waals surface area contributed by atoms with Gasteiger partial charge in [-0.1, -0.05) is 41.0 Å². The molecule has 0 radical (unpaired) electrons. The van der Waals surface area contributed by atoms with Crippen molar-refractivity contribution >= 4 is 38.5 Å². The first-order valence-corrected chi connectivity index (χ1v) is 7.19. The van der Waals surface area contributed by atoms with Crippen LogP contribution in [0.5, 0.6) is 0 Å². The quantitative estimate of drug-likeness (QED) is 0.907. The van der Waals surface area contributed by atoms with Gasteiger partial charge in [0.1, 0.15) is 0 Å². The summed E-state index contributed by atoms with van der Waals surface area (Å²) in [6.07, 6.45) is 2.48. The van der Waals surface area contributed by atoms with Crippen LogP contribution in [-0.4, -0.2) is 17.0 Å². The molecule has 0 saturated heterocycles. The molecule has 2 rings (SSSR count). The van der Waals surface area contributed by atoms with E-state index in [0.717, 1.165) is 21.9 Å². The van der Waals surface area contributed by atoms with Gasteiger partial charge >= 0.3 is 0 Å². The van der Waals surface area contributed by atoms with E-state index in [1.807, 2.05) is 23.9 Å². The lowest BCUT2D eigenvalue weighted by atomic mass is 10.2. The Morgan fingerprint density at radius 3 is 2.88 bits per heavy atom. The second kappa shape index (κ2) is 5.73. The van der Waals surface area contributed by atoms with E-state index >= 15 is 0 Å². The molecule has 0 aliphatic carbocycles. The normalized spacial score (nSPS) is 19.6. The molecule has 0 spiro atoms. The highest BCUT2D eigenvalue weighted by atomic mass is 79.9. The molecule has 0 saturated carbocycles. The number of thioether (sulfide) groups is 1. The number of benzene rings is 1. The summed E-state index contributed by atoms with van der Waals surface area (Å²) in [6, 6.07) is 8.18. The van der Waals surface area contributed by atoms with E-state index in [1.54, 1.807) is 0 Å². The van der Waals surface area contributed by atoms with E-state index in [2.05, 4.69) is 45.3 Å². The lowest BCUT2D eigenvalue weighted by molar-refractivity contribution is 0.754. The fourth-order valence-electron chi connectivity index (χ4n) is 1.62. The third-order valence-electron chi connectivity index (χ3n) is 2.42. The summed E-state index contributed by atoms with van der Waals surface area (Å²) in [5.41, 5.74) is 1.10. The average molecular weight is 299 g/mol. The average Bonchev–Trinajstić information content (AvgIpc) is 2.70. The van der Waals surface area contributed by atoms with Crippen molar-refractivity contribution in [3.05, 3.63) is 28.7 Å². The maximum atomic E-state index is 4.51. The number of hydrogen-bond donors (Lipinski definition) is 1. The van der Waals surface area contributed by atoms with Crippen LogP contribution >= 0.6 is 27.7 Å². The molecule has 1 atom stereocenters. The maximum Gasteiger partial charge on any atom is 0.161 e. The highest BCUT2D eigenvalue weighted by Gasteiger charge is 2.18. The van der Waals surface area contributed by atoms with E-state index in [0.29, 0.717) is 5.25 Å². The second-order valence-corrected chi connectivity index (χ2v) is 6.01. The molecule has 86 valence electrons. The lowest BCUT2D eigenvalue weighted by Gasteiger charge is -2.07. The van der Waals surface area contributed by atoms with Crippen molar-refractivity contribution in [2.75, 3.05) is 11.9 Å². The molecule has 1 unspecified atom stereocenters. The van der Waals surface area contributed by atoms with Crippen molar-refractivity contribution in [3.63, 3.8) is 0 Å². The zero-order valence-electron chi connectivity index (χ0n) is 9.24. The standard InChI is InChI=1S/C12H15BrN2S/c1-2-3-11-8-14-12(16-11)15-10-6-4-9(13)5-7-10/h4-7,11H,2-3,8H2,1H3,(H,14,15). The molecule has 0 aromatic heterocycles. The number of nitrogens with zero attached hydrogens (tertiary/aromatic N) is 1. The van der Waals surface area contributed by atoms with Crippen LogP contribution in [0.4, 0.5) is 5.69 Å².